The fourth-order valence-corrected chi connectivity index (χ4v) is 2.74. The third-order valence-electron chi connectivity index (χ3n) is 2.43. The summed E-state index contributed by atoms with van der Waals surface area (Å²) in [6.45, 7) is 3.53. The molecule has 0 saturated heterocycles. The average Bonchev–Trinajstić information content (AvgIpc) is 2.28. The Morgan fingerprint density at radius 3 is 2.61 bits per heavy atom. The molecule has 0 bridgehead atoms. The summed E-state index contributed by atoms with van der Waals surface area (Å²) in [6, 6.07) is 2.66. The Kier molecular flexibility index (Phi) is 4.84. The minimum atomic E-state index is -3.77. The maximum Gasteiger partial charge on any atom is 0.255 e. The molecule has 1 aromatic rings. The molecule has 0 radical (unpaired) electrons. The van der Waals surface area contributed by atoms with Gasteiger partial charge in [-0.3, -0.25) is 4.79 Å². The minimum absolute atomic E-state index is 0.187. The second kappa shape index (κ2) is 5.77. The Bertz CT molecular complexity index is 559. The second-order valence-electron chi connectivity index (χ2n) is 3.85. The number of hydrogen-bond donors (Lipinski definition) is 1. The molecule has 100 valence electrons. The lowest BCUT2D eigenvalue weighted by Crippen LogP contribution is -2.32. The van der Waals surface area contributed by atoms with Gasteiger partial charge in [-0.05, 0) is 43.1 Å². The van der Waals surface area contributed by atoms with E-state index in [1.807, 2.05) is 6.92 Å². The molecule has 7 heteroatoms. The molecule has 0 aromatic heterocycles. The lowest BCUT2D eigenvalue weighted by atomic mass is 10.2. The van der Waals surface area contributed by atoms with Crippen molar-refractivity contribution in [2.24, 2.45) is 0 Å². The molecule has 0 fully saturated rings. The van der Waals surface area contributed by atoms with Gasteiger partial charge in [-0.25, -0.2) is 17.5 Å². The normalized spacial score (nSPS) is 13.3. The van der Waals surface area contributed by atoms with Crippen molar-refractivity contribution in [1.82, 2.24) is 4.72 Å². The summed E-state index contributed by atoms with van der Waals surface area (Å²) in [5, 5.41) is -1.03. The SMILES string of the molecule is CC[C@@H](C)NS(=O)(=O)c1ccc(F)c(C(=O)Cl)c1. The Morgan fingerprint density at radius 2 is 2.11 bits per heavy atom. The molecule has 18 heavy (non-hydrogen) atoms. The zero-order chi connectivity index (χ0) is 13.9. The lowest BCUT2D eigenvalue weighted by Gasteiger charge is -2.12. The first-order valence-corrected chi connectivity index (χ1v) is 7.15. The summed E-state index contributed by atoms with van der Waals surface area (Å²) >= 11 is 5.17. The van der Waals surface area contributed by atoms with Crippen molar-refractivity contribution in [1.29, 1.82) is 0 Å². The van der Waals surface area contributed by atoms with E-state index in [2.05, 4.69) is 4.72 Å². The largest absolute Gasteiger partial charge is 0.275 e. The fourth-order valence-electron chi connectivity index (χ4n) is 1.24. The van der Waals surface area contributed by atoms with E-state index < -0.39 is 26.6 Å². The van der Waals surface area contributed by atoms with Crippen LogP contribution in [0.2, 0.25) is 0 Å². The third-order valence-corrected chi connectivity index (χ3v) is 4.22. The van der Waals surface area contributed by atoms with Crippen LogP contribution in [0.15, 0.2) is 23.1 Å². The first-order chi connectivity index (χ1) is 8.27. The average molecular weight is 294 g/mol. The Labute approximate surface area is 110 Å². The topological polar surface area (TPSA) is 63.2 Å². The standard InChI is InChI=1S/C11H13ClFNO3S/c1-3-7(2)14-18(16,17)8-4-5-10(13)9(6-8)11(12)15/h4-7,14H,3H2,1-2H3/t7-/m1/s1. The van der Waals surface area contributed by atoms with Crippen LogP contribution in [0.1, 0.15) is 30.6 Å². The molecule has 4 nitrogen and oxygen atoms in total. The van der Waals surface area contributed by atoms with Crippen LogP contribution < -0.4 is 4.72 Å². The van der Waals surface area contributed by atoms with Gasteiger partial charge in [-0.2, -0.15) is 0 Å². The first kappa shape index (κ1) is 15.1. The second-order valence-corrected chi connectivity index (χ2v) is 5.90. The highest BCUT2D eigenvalue weighted by Crippen LogP contribution is 2.17. The van der Waals surface area contributed by atoms with E-state index in [-0.39, 0.29) is 10.9 Å². The van der Waals surface area contributed by atoms with Crippen LogP contribution in [0.4, 0.5) is 4.39 Å². The zero-order valence-electron chi connectivity index (χ0n) is 9.91. The van der Waals surface area contributed by atoms with E-state index >= 15 is 0 Å². The van der Waals surface area contributed by atoms with E-state index in [0.717, 1.165) is 18.2 Å². The molecule has 1 N–H and O–H groups in total. The first-order valence-electron chi connectivity index (χ1n) is 5.29. The molecule has 0 unspecified atom stereocenters. The highest BCUT2D eigenvalue weighted by atomic mass is 35.5. The quantitative estimate of drug-likeness (QED) is 0.847. The smallest absolute Gasteiger partial charge is 0.255 e. The molecule has 0 aliphatic heterocycles. The Hall–Kier alpha value is -0.980. The van der Waals surface area contributed by atoms with Crippen molar-refractivity contribution < 1.29 is 17.6 Å². The summed E-state index contributed by atoms with van der Waals surface area (Å²) < 4.78 is 39.4. The molecule has 0 aliphatic carbocycles. The van der Waals surface area contributed by atoms with E-state index in [1.165, 1.54) is 0 Å². The van der Waals surface area contributed by atoms with Gasteiger partial charge in [0.15, 0.2) is 0 Å². The van der Waals surface area contributed by atoms with E-state index in [1.54, 1.807) is 6.92 Å². The highest BCUT2D eigenvalue weighted by molar-refractivity contribution is 7.89. The number of sulfonamides is 1. The van der Waals surface area contributed by atoms with Gasteiger partial charge in [0.25, 0.3) is 5.24 Å². The molecule has 0 heterocycles. The maximum absolute atomic E-state index is 13.2. The van der Waals surface area contributed by atoms with Crippen molar-refractivity contribution in [3.8, 4) is 0 Å². The monoisotopic (exact) mass is 293 g/mol. The Morgan fingerprint density at radius 1 is 1.50 bits per heavy atom. The molecule has 0 spiro atoms. The van der Waals surface area contributed by atoms with Crippen LogP contribution in [-0.2, 0) is 10.0 Å². The van der Waals surface area contributed by atoms with Crippen LogP contribution in [0.3, 0.4) is 0 Å². The fraction of sp³-hybridized carbons (Fsp3) is 0.364. The van der Waals surface area contributed by atoms with Crippen LogP contribution in [0, 0.1) is 5.82 Å². The summed E-state index contributed by atoms with van der Waals surface area (Å²) in [5.74, 6) is -0.850. The van der Waals surface area contributed by atoms with Crippen molar-refractivity contribution >= 4 is 26.9 Å². The molecule has 0 aliphatic rings. The molecular formula is C11H13ClFNO3S. The van der Waals surface area contributed by atoms with E-state index in [4.69, 9.17) is 11.6 Å². The van der Waals surface area contributed by atoms with E-state index in [9.17, 15) is 17.6 Å². The van der Waals surface area contributed by atoms with Gasteiger partial charge >= 0.3 is 0 Å². The molecule has 0 saturated carbocycles. The van der Waals surface area contributed by atoms with Crippen molar-refractivity contribution in [3.05, 3.63) is 29.6 Å². The number of nitrogens with one attached hydrogen (secondary N) is 1. The summed E-state index contributed by atoms with van der Waals surface area (Å²) in [5.41, 5.74) is -0.455. The Balaban J connectivity index is 3.18. The van der Waals surface area contributed by atoms with Gasteiger partial charge in [-0.1, -0.05) is 6.92 Å². The molecular weight excluding hydrogens is 281 g/mol. The lowest BCUT2D eigenvalue weighted by molar-refractivity contribution is 0.107. The third kappa shape index (κ3) is 3.51. The van der Waals surface area contributed by atoms with Gasteiger partial charge in [0.05, 0.1) is 10.5 Å². The van der Waals surface area contributed by atoms with Crippen LogP contribution in [0.25, 0.3) is 0 Å². The van der Waals surface area contributed by atoms with Gasteiger partial charge in [0.2, 0.25) is 10.0 Å². The number of carbonyl (C=O) groups is 1. The predicted molar refractivity (Wildman–Crippen MR) is 66.7 cm³/mol. The number of carbonyl (C=O) groups excluding carboxylic acids is 1. The number of halogens is 2. The predicted octanol–water partition coefficient (Wildman–Crippen LogP) is 2.28. The van der Waals surface area contributed by atoms with Gasteiger partial charge in [0.1, 0.15) is 5.82 Å². The van der Waals surface area contributed by atoms with Crippen LogP contribution in [0.5, 0.6) is 0 Å². The zero-order valence-corrected chi connectivity index (χ0v) is 11.5. The van der Waals surface area contributed by atoms with E-state index in [0.29, 0.717) is 6.42 Å². The molecule has 1 aromatic carbocycles. The highest BCUT2D eigenvalue weighted by Gasteiger charge is 2.19. The summed E-state index contributed by atoms with van der Waals surface area (Å²) in [7, 11) is -3.77. The molecule has 1 atom stereocenters. The number of benzene rings is 1. The molecule has 0 amide bonds. The summed E-state index contributed by atoms with van der Waals surface area (Å²) in [4.78, 5) is 10.7. The van der Waals surface area contributed by atoms with Gasteiger partial charge < -0.3 is 0 Å². The summed E-state index contributed by atoms with van der Waals surface area (Å²) in [6.07, 6.45) is 0.613. The van der Waals surface area contributed by atoms with Crippen LogP contribution >= 0.6 is 11.6 Å². The minimum Gasteiger partial charge on any atom is -0.275 e. The molecule has 1 rings (SSSR count). The van der Waals surface area contributed by atoms with Crippen molar-refractivity contribution in [2.45, 2.75) is 31.2 Å². The maximum atomic E-state index is 13.2. The van der Waals surface area contributed by atoms with Gasteiger partial charge in [-0.15, -0.1) is 0 Å². The van der Waals surface area contributed by atoms with Gasteiger partial charge in [0, 0.05) is 6.04 Å². The van der Waals surface area contributed by atoms with Crippen molar-refractivity contribution in [3.63, 3.8) is 0 Å². The number of rotatable bonds is 5. The number of hydrogen-bond acceptors (Lipinski definition) is 3. The van der Waals surface area contributed by atoms with Crippen molar-refractivity contribution in [2.75, 3.05) is 0 Å². The van der Waals surface area contributed by atoms with Crippen LogP contribution in [-0.4, -0.2) is 19.7 Å².